The van der Waals surface area contributed by atoms with Crippen molar-refractivity contribution < 1.29 is 30.4 Å². The maximum Gasteiger partial charge on any atom is 0.135 e. The van der Waals surface area contributed by atoms with Gasteiger partial charge in [-0.25, -0.2) is 11.1 Å². The van der Waals surface area contributed by atoms with E-state index in [1.807, 2.05) is 24.4 Å². The first-order chi connectivity index (χ1) is 18.4. The Bertz CT molecular complexity index is 1660. The number of fused-ring (bicyclic) bond motifs is 3. The van der Waals surface area contributed by atoms with E-state index in [0.29, 0.717) is 11.5 Å². The number of benzene rings is 3. The van der Waals surface area contributed by atoms with Crippen molar-refractivity contribution in [1.82, 2.24) is 9.55 Å². The van der Waals surface area contributed by atoms with Gasteiger partial charge in [-0.1, -0.05) is 44.5 Å². The third-order valence-electron chi connectivity index (χ3n) is 7.08. The molecule has 0 unspecified atom stereocenters. The molecule has 5 nitrogen and oxygen atoms in total. The van der Waals surface area contributed by atoms with Crippen LogP contribution in [0.15, 0.2) is 72.9 Å². The molecular weight excluding hydrogens is 663 g/mol. The quantitative estimate of drug-likeness (QED) is 0.150. The molecule has 0 N–H and O–H groups in total. The molecule has 0 spiro atoms. The van der Waals surface area contributed by atoms with Crippen molar-refractivity contribution in [2.24, 2.45) is 0 Å². The summed E-state index contributed by atoms with van der Waals surface area (Å²) in [5.74, 6) is 2.17. The monoisotopic (exact) mass is 695 g/mol. The van der Waals surface area contributed by atoms with E-state index < -0.39 is 0 Å². The Morgan fingerprint density at radius 3 is 2.56 bits per heavy atom. The van der Waals surface area contributed by atoms with E-state index in [9.17, 15) is 0 Å². The van der Waals surface area contributed by atoms with Crippen molar-refractivity contribution in [2.45, 2.75) is 39.0 Å². The molecule has 0 radical (unpaired) electrons. The van der Waals surface area contributed by atoms with Crippen molar-refractivity contribution in [3.8, 4) is 17.3 Å². The molecule has 3 heterocycles. The van der Waals surface area contributed by atoms with Crippen LogP contribution >= 0.6 is 0 Å². The number of rotatable bonds is 4. The van der Waals surface area contributed by atoms with Crippen molar-refractivity contribution in [3.63, 3.8) is 0 Å². The number of para-hydroxylation sites is 1. The van der Waals surface area contributed by atoms with Gasteiger partial charge < -0.3 is 18.8 Å². The Hall–Kier alpha value is -3.43. The van der Waals surface area contributed by atoms with Gasteiger partial charge in [0.25, 0.3) is 0 Å². The van der Waals surface area contributed by atoms with E-state index in [2.05, 4.69) is 109 Å². The maximum atomic E-state index is 6.33. The zero-order valence-electron chi connectivity index (χ0n) is 22.8. The smallest absolute Gasteiger partial charge is 0.135 e. The fourth-order valence-corrected chi connectivity index (χ4v) is 5.05. The first-order valence-corrected chi connectivity index (χ1v) is 13.2. The molecule has 39 heavy (non-hydrogen) atoms. The summed E-state index contributed by atoms with van der Waals surface area (Å²) in [6, 6.07) is 29.8. The van der Waals surface area contributed by atoms with Crippen molar-refractivity contribution in [2.75, 3.05) is 25.0 Å². The summed E-state index contributed by atoms with van der Waals surface area (Å²) in [5, 5.41) is 2.28. The third kappa shape index (κ3) is 5.51. The molecule has 202 valence electrons. The second-order valence-corrected chi connectivity index (χ2v) is 11.0. The van der Waals surface area contributed by atoms with Gasteiger partial charge in [0.1, 0.15) is 12.2 Å². The standard InChI is InChI=1S/C33H32N4O.Pt/c1-33(2,3)24-16-17-34-32(20-24)37-30-13-6-5-12-28(30)29-15-14-27(22-31(29)37)38-26-11-9-10-25(21-26)36-19-8-7-18-35(4)23-36;/h5-6,9-17,20H,7-8,18-19H2,1-4H3;/q-2;. The molecule has 6 rings (SSSR count). The molecule has 3 aromatic carbocycles. The maximum absolute atomic E-state index is 6.33. The van der Waals surface area contributed by atoms with Crippen LogP contribution < -0.4 is 9.64 Å². The molecule has 5 aromatic rings. The number of hydrogen-bond acceptors (Lipinski definition) is 3. The molecule has 2 aromatic heterocycles. The van der Waals surface area contributed by atoms with Gasteiger partial charge in [-0.05, 0) is 53.2 Å². The summed E-state index contributed by atoms with van der Waals surface area (Å²) in [6.45, 7) is 8.60. The summed E-state index contributed by atoms with van der Waals surface area (Å²) in [6.07, 6.45) is 7.60. The normalized spacial score (nSPS) is 14.2. The SMILES string of the molecule is C[N+]1=[C-]N(c2[c-]c(Oc3[c-]c4c(cc3)c3ccccc3n4-c3cc(C(C)(C)C)ccn3)ccc2)CCCC1.[Pt]. The molecule has 0 fully saturated rings. The first-order valence-electron chi connectivity index (χ1n) is 13.2. The minimum atomic E-state index is 0. The number of ether oxygens (including phenoxy) is 1. The van der Waals surface area contributed by atoms with Crippen LogP contribution in [0.3, 0.4) is 0 Å². The second-order valence-electron chi connectivity index (χ2n) is 11.0. The molecule has 0 saturated heterocycles. The summed E-state index contributed by atoms with van der Waals surface area (Å²) < 4.78 is 10.6. The fraction of sp³-hybridized carbons (Fsp3) is 0.273. The topological polar surface area (TPSA) is 33.3 Å². The van der Waals surface area contributed by atoms with Crippen molar-refractivity contribution >= 4 is 33.8 Å². The van der Waals surface area contributed by atoms with E-state index >= 15 is 0 Å². The number of anilines is 1. The molecule has 1 aliphatic rings. The molecule has 0 saturated carbocycles. The predicted octanol–water partition coefficient (Wildman–Crippen LogP) is 7.01. The summed E-state index contributed by atoms with van der Waals surface area (Å²) >= 11 is 0. The van der Waals surface area contributed by atoms with Gasteiger partial charge >= 0.3 is 0 Å². The number of pyridine rings is 1. The molecule has 0 amide bonds. The van der Waals surface area contributed by atoms with Crippen LogP contribution in [0.4, 0.5) is 5.69 Å². The van der Waals surface area contributed by atoms with Gasteiger partial charge in [0, 0.05) is 38.5 Å². The van der Waals surface area contributed by atoms with Crippen LogP contribution in [0, 0.1) is 12.1 Å². The molecule has 0 bridgehead atoms. The number of hydrogen-bond donors (Lipinski definition) is 0. The van der Waals surface area contributed by atoms with Gasteiger partial charge in [0.2, 0.25) is 0 Å². The third-order valence-corrected chi connectivity index (χ3v) is 7.08. The molecule has 6 heteroatoms. The van der Waals surface area contributed by atoms with Crippen LogP contribution in [-0.2, 0) is 26.5 Å². The van der Waals surface area contributed by atoms with Crippen LogP contribution in [0.5, 0.6) is 11.5 Å². The van der Waals surface area contributed by atoms with Gasteiger partial charge in [-0.3, -0.25) is 0 Å². The van der Waals surface area contributed by atoms with Gasteiger partial charge in [0.15, 0.2) is 0 Å². The van der Waals surface area contributed by atoms with Crippen molar-refractivity contribution in [1.29, 1.82) is 0 Å². The van der Waals surface area contributed by atoms with E-state index in [1.54, 1.807) is 0 Å². The van der Waals surface area contributed by atoms with E-state index in [4.69, 9.17) is 9.72 Å². The van der Waals surface area contributed by atoms with Gasteiger partial charge in [-0.15, -0.1) is 29.3 Å². The zero-order chi connectivity index (χ0) is 26.3. The number of nitrogens with zero attached hydrogens (tertiary/aromatic N) is 4. The fourth-order valence-electron chi connectivity index (χ4n) is 5.05. The average molecular weight is 696 g/mol. The predicted molar refractivity (Wildman–Crippen MR) is 154 cm³/mol. The molecule has 0 atom stereocenters. The average Bonchev–Trinajstić information content (AvgIpc) is 3.06. The summed E-state index contributed by atoms with van der Waals surface area (Å²) in [5.41, 5.74) is 4.25. The van der Waals surface area contributed by atoms with Crippen LogP contribution in [0.2, 0.25) is 0 Å². The van der Waals surface area contributed by atoms with Crippen LogP contribution in [0.25, 0.3) is 27.6 Å². The summed E-state index contributed by atoms with van der Waals surface area (Å²) in [4.78, 5) is 6.89. The van der Waals surface area contributed by atoms with Crippen LogP contribution in [0.1, 0.15) is 39.2 Å². The molecule has 1 aliphatic heterocycles. The first kappa shape index (κ1) is 27.1. The number of aromatic nitrogens is 2. The Morgan fingerprint density at radius 1 is 0.897 bits per heavy atom. The Kier molecular flexibility index (Phi) is 7.64. The Morgan fingerprint density at radius 2 is 1.72 bits per heavy atom. The van der Waals surface area contributed by atoms with Crippen molar-refractivity contribution in [3.05, 3.63) is 90.6 Å². The van der Waals surface area contributed by atoms with E-state index in [0.717, 1.165) is 59.2 Å². The van der Waals surface area contributed by atoms with Crippen LogP contribution in [-0.4, -0.2) is 40.6 Å². The largest absolute Gasteiger partial charge is 0.511 e. The van der Waals surface area contributed by atoms with Gasteiger partial charge in [0.05, 0.1) is 20.1 Å². The molecule has 0 aliphatic carbocycles. The summed E-state index contributed by atoms with van der Waals surface area (Å²) in [7, 11) is 2.06. The Balaban J connectivity index is 0.00000308. The van der Waals surface area contributed by atoms with Gasteiger partial charge in [-0.2, -0.15) is 18.2 Å². The van der Waals surface area contributed by atoms with E-state index in [-0.39, 0.29) is 26.5 Å². The minimum Gasteiger partial charge on any atom is -0.511 e. The zero-order valence-corrected chi connectivity index (χ0v) is 25.0. The minimum absolute atomic E-state index is 0. The Labute approximate surface area is 245 Å². The van der Waals surface area contributed by atoms with E-state index in [1.165, 1.54) is 5.56 Å². The molecular formula is C33H32N4OPt-2. The second kappa shape index (κ2) is 11.0.